The third-order valence-corrected chi connectivity index (χ3v) is 7.58. The molecule has 0 amide bonds. The molecule has 2 aliphatic carbocycles. The van der Waals surface area contributed by atoms with Gasteiger partial charge in [-0.15, -0.1) is 12.4 Å². The Balaban J connectivity index is 0.00000150. The van der Waals surface area contributed by atoms with Crippen molar-refractivity contribution in [2.75, 3.05) is 33.9 Å². The lowest BCUT2D eigenvalue weighted by Crippen LogP contribution is -2.69. The van der Waals surface area contributed by atoms with Gasteiger partial charge in [-0.2, -0.15) is 0 Å². The molecule has 2 bridgehead atoms. The number of hydrogen-bond donors (Lipinski definition) is 0. The maximum absolute atomic E-state index is 6.68. The Bertz CT molecular complexity index is 750. The van der Waals surface area contributed by atoms with Gasteiger partial charge in [0.05, 0.1) is 20.3 Å². The molecule has 3 fully saturated rings. The number of piperidine rings is 1. The molecule has 1 aromatic carbocycles. The number of halogens is 1. The first-order valence-electron chi connectivity index (χ1n) is 9.55. The summed E-state index contributed by atoms with van der Waals surface area (Å²) >= 11 is 0. The Morgan fingerprint density at radius 3 is 2.77 bits per heavy atom. The van der Waals surface area contributed by atoms with Crippen molar-refractivity contribution in [2.24, 2.45) is 5.92 Å². The van der Waals surface area contributed by atoms with E-state index in [1.807, 2.05) is 0 Å². The first-order valence-corrected chi connectivity index (χ1v) is 9.55. The first-order chi connectivity index (χ1) is 12.2. The molecule has 2 spiro atoms. The maximum atomic E-state index is 6.68. The second-order valence-electron chi connectivity index (χ2n) is 8.33. The van der Waals surface area contributed by atoms with E-state index < -0.39 is 5.79 Å². The lowest BCUT2D eigenvalue weighted by molar-refractivity contribution is -0.260. The molecule has 6 rings (SSSR count). The predicted molar refractivity (Wildman–Crippen MR) is 98.4 cm³/mol. The topological polar surface area (TPSA) is 40.2 Å². The van der Waals surface area contributed by atoms with Gasteiger partial charge in [0.25, 0.3) is 0 Å². The van der Waals surface area contributed by atoms with E-state index in [9.17, 15) is 0 Å². The van der Waals surface area contributed by atoms with Gasteiger partial charge < -0.3 is 23.8 Å². The van der Waals surface area contributed by atoms with Crippen molar-refractivity contribution in [1.29, 1.82) is 0 Å². The number of hydrogen-bond acceptors (Lipinski definition) is 5. The van der Waals surface area contributed by atoms with E-state index in [0.717, 1.165) is 43.7 Å². The summed E-state index contributed by atoms with van der Waals surface area (Å²) in [5.41, 5.74) is 2.85. The Labute approximate surface area is 160 Å². The fraction of sp³-hybridized carbons (Fsp3) is 0.700. The highest BCUT2D eigenvalue weighted by Crippen LogP contribution is 2.66. The Kier molecular flexibility index (Phi) is 3.62. The molecule has 2 saturated heterocycles. The van der Waals surface area contributed by atoms with E-state index in [-0.39, 0.29) is 23.9 Å². The van der Waals surface area contributed by atoms with E-state index in [2.05, 4.69) is 24.1 Å². The highest BCUT2D eigenvalue weighted by molar-refractivity contribution is 5.85. The number of fused-ring (bicyclic) bond motifs is 1. The number of likely N-dealkylation sites (tertiary alicyclic amines) is 1. The van der Waals surface area contributed by atoms with Gasteiger partial charge in [0.15, 0.2) is 17.6 Å². The number of rotatable bonds is 1. The molecule has 26 heavy (non-hydrogen) atoms. The molecule has 0 N–H and O–H groups in total. The van der Waals surface area contributed by atoms with Crippen LogP contribution in [0.2, 0.25) is 0 Å². The molecular formula is C20H26ClNO4. The van der Waals surface area contributed by atoms with Crippen molar-refractivity contribution in [3.8, 4) is 11.5 Å². The maximum Gasteiger partial charge on any atom is 0.206 e. The van der Waals surface area contributed by atoms with Gasteiger partial charge >= 0.3 is 0 Å². The van der Waals surface area contributed by atoms with E-state index in [1.165, 1.54) is 11.1 Å². The van der Waals surface area contributed by atoms with Crippen LogP contribution < -0.4 is 9.47 Å². The van der Waals surface area contributed by atoms with Crippen LogP contribution in [0.4, 0.5) is 0 Å². The van der Waals surface area contributed by atoms with Crippen molar-refractivity contribution in [2.45, 2.75) is 49.0 Å². The van der Waals surface area contributed by atoms with Crippen molar-refractivity contribution >= 4 is 12.4 Å². The summed E-state index contributed by atoms with van der Waals surface area (Å²) in [7, 11) is 4.02. The van der Waals surface area contributed by atoms with Crippen LogP contribution in [0, 0.1) is 5.92 Å². The second-order valence-corrected chi connectivity index (χ2v) is 8.33. The summed E-state index contributed by atoms with van der Waals surface area (Å²) in [4.78, 5) is 2.56. The minimum absolute atomic E-state index is 0. The number of ether oxygens (including phenoxy) is 4. The third-order valence-electron chi connectivity index (χ3n) is 7.58. The number of nitrogens with zero attached hydrogens (tertiary/aromatic N) is 1. The van der Waals surface area contributed by atoms with Gasteiger partial charge in [0.1, 0.15) is 0 Å². The molecule has 3 aliphatic heterocycles. The second kappa shape index (κ2) is 5.51. The zero-order chi connectivity index (χ0) is 16.8. The van der Waals surface area contributed by atoms with Crippen LogP contribution in [0.15, 0.2) is 12.1 Å². The monoisotopic (exact) mass is 379 g/mol. The third kappa shape index (κ3) is 1.78. The van der Waals surface area contributed by atoms with Gasteiger partial charge in [-0.05, 0) is 50.4 Å². The van der Waals surface area contributed by atoms with Gasteiger partial charge in [0.2, 0.25) is 5.79 Å². The van der Waals surface area contributed by atoms with Crippen molar-refractivity contribution in [3.05, 3.63) is 23.3 Å². The molecule has 1 saturated carbocycles. The normalized spacial score (nSPS) is 38.5. The lowest BCUT2D eigenvalue weighted by Gasteiger charge is -2.60. The molecule has 0 radical (unpaired) electrons. The van der Waals surface area contributed by atoms with Crippen LogP contribution in [-0.4, -0.2) is 56.7 Å². The summed E-state index contributed by atoms with van der Waals surface area (Å²) < 4.78 is 24.8. The van der Waals surface area contributed by atoms with Crippen molar-refractivity contribution in [1.82, 2.24) is 4.90 Å². The quantitative estimate of drug-likeness (QED) is 0.750. The zero-order valence-corrected chi connectivity index (χ0v) is 16.1. The highest BCUT2D eigenvalue weighted by Gasteiger charge is 2.71. The van der Waals surface area contributed by atoms with Crippen molar-refractivity contribution < 1.29 is 18.9 Å². The minimum atomic E-state index is -0.574. The summed E-state index contributed by atoms with van der Waals surface area (Å²) in [6.45, 7) is 2.45. The highest BCUT2D eigenvalue weighted by atomic mass is 35.5. The molecule has 1 aromatic rings. The SMILES string of the molecule is COc1ccc2c3c1O[C@H]1C4(CC[C@H]5[C@@H](C2)N(C)CC[C@@]351)OCCO4.Cl. The van der Waals surface area contributed by atoms with Crippen LogP contribution in [0.25, 0.3) is 0 Å². The molecule has 5 nitrogen and oxygen atoms in total. The fourth-order valence-corrected chi connectivity index (χ4v) is 6.63. The van der Waals surface area contributed by atoms with E-state index >= 15 is 0 Å². The van der Waals surface area contributed by atoms with Crippen molar-refractivity contribution in [3.63, 3.8) is 0 Å². The van der Waals surface area contributed by atoms with Gasteiger partial charge in [-0.25, -0.2) is 0 Å². The largest absolute Gasteiger partial charge is 0.493 e. The fourth-order valence-electron chi connectivity index (χ4n) is 6.63. The zero-order valence-electron chi connectivity index (χ0n) is 15.3. The average Bonchev–Trinajstić information content (AvgIpc) is 3.23. The van der Waals surface area contributed by atoms with Crippen LogP contribution in [0.1, 0.15) is 30.4 Å². The summed E-state index contributed by atoms with van der Waals surface area (Å²) in [5, 5.41) is 0. The van der Waals surface area contributed by atoms with Gasteiger partial charge in [-0.3, -0.25) is 0 Å². The molecule has 4 atom stereocenters. The molecular weight excluding hydrogens is 354 g/mol. The molecule has 3 heterocycles. The number of methoxy groups -OCH3 is 1. The Morgan fingerprint density at radius 1 is 1.19 bits per heavy atom. The average molecular weight is 380 g/mol. The smallest absolute Gasteiger partial charge is 0.206 e. The summed E-state index contributed by atoms with van der Waals surface area (Å²) in [6, 6.07) is 4.91. The molecule has 6 heteroatoms. The molecule has 0 aromatic heterocycles. The predicted octanol–water partition coefficient (Wildman–Crippen LogP) is 2.53. The standard InChI is InChI=1S/C20H25NO4.ClH/c1-21-8-7-19-13-5-6-20(23-9-10-24-20)18(19)25-17-15(22-2)4-3-12(16(17)19)11-14(13)21;/h3-4,13-14,18H,5-11H2,1-2H3;1H/t13-,14+,18+,19-;/m0./s1. The van der Waals surface area contributed by atoms with E-state index in [4.69, 9.17) is 18.9 Å². The minimum Gasteiger partial charge on any atom is -0.493 e. The van der Waals surface area contributed by atoms with Gasteiger partial charge in [-0.1, -0.05) is 6.07 Å². The lowest BCUT2D eigenvalue weighted by atomic mass is 9.50. The van der Waals surface area contributed by atoms with E-state index in [0.29, 0.717) is 25.2 Å². The number of benzene rings is 1. The van der Waals surface area contributed by atoms with Crippen LogP contribution in [-0.2, 0) is 21.3 Å². The first kappa shape index (κ1) is 17.1. The van der Waals surface area contributed by atoms with Gasteiger partial charge in [0, 0.05) is 23.4 Å². The summed E-state index contributed by atoms with van der Waals surface area (Å²) in [5.74, 6) is 1.84. The number of likely N-dealkylation sites (N-methyl/N-ethyl adjacent to an activating group) is 1. The van der Waals surface area contributed by atoms with E-state index in [1.54, 1.807) is 7.11 Å². The van der Waals surface area contributed by atoms with Crippen LogP contribution in [0.3, 0.4) is 0 Å². The molecule has 0 unspecified atom stereocenters. The summed E-state index contributed by atoms with van der Waals surface area (Å²) in [6.07, 6.45) is 4.24. The van der Waals surface area contributed by atoms with Crippen LogP contribution in [0.5, 0.6) is 11.5 Å². The molecule has 142 valence electrons. The Morgan fingerprint density at radius 2 is 2.00 bits per heavy atom. The van der Waals surface area contributed by atoms with Crippen LogP contribution >= 0.6 is 12.4 Å². The molecule has 5 aliphatic rings. The Hall–Kier alpha value is -1.01.